The van der Waals surface area contributed by atoms with Crippen LogP contribution in [0.1, 0.15) is 17.3 Å². The molecule has 3 aromatic rings. The fourth-order valence-electron chi connectivity index (χ4n) is 2.41. The molecule has 136 valence electrons. The molecule has 0 aliphatic carbocycles. The second kappa shape index (κ2) is 7.96. The van der Waals surface area contributed by atoms with Gasteiger partial charge in [-0.05, 0) is 36.4 Å². The molecule has 8 heteroatoms. The molecule has 0 radical (unpaired) electrons. The smallest absolute Gasteiger partial charge is 0.337 e. The summed E-state index contributed by atoms with van der Waals surface area (Å²) >= 11 is 0. The fraction of sp³-hybridized carbons (Fsp3) is 0.0526. The highest BCUT2D eigenvalue weighted by Crippen LogP contribution is 2.22. The Morgan fingerprint density at radius 3 is 2.52 bits per heavy atom. The normalized spacial score (nSPS) is 10.1. The molecule has 0 bridgehead atoms. The van der Waals surface area contributed by atoms with E-state index in [0.717, 1.165) is 0 Å². The summed E-state index contributed by atoms with van der Waals surface area (Å²) in [6.45, 7) is 1.44. The van der Waals surface area contributed by atoms with Crippen LogP contribution in [0.15, 0.2) is 60.8 Å². The predicted molar refractivity (Wildman–Crippen MR) is 103 cm³/mol. The third kappa shape index (κ3) is 4.79. The van der Waals surface area contributed by atoms with Gasteiger partial charge in [0.1, 0.15) is 5.82 Å². The van der Waals surface area contributed by atoms with Crippen molar-refractivity contribution >= 4 is 40.7 Å². The van der Waals surface area contributed by atoms with E-state index in [9.17, 15) is 14.7 Å². The van der Waals surface area contributed by atoms with Gasteiger partial charge in [0.2, 0.25) is 11.9 Å². The quantitative estimate of drug-likeness (QED) is 0.528. The highest BCUT2D eigenvalue weighted by Gasteiger charge is 2.10. The van der Waals surface area contributed by atoms with Gasteiger partial charge < -0.3 is 21.1 Å². The molecular weight excluding hydrogens is 346 g/mol. The van der Waals surface area contributed by atoms with Gasteiger partial charge in [0.25, 0.3) is 0 Å². The van der Waals surface area contributed by atoms with Gasteiger partial charge in [0.15, 0.2) is 0 Å². The molecule has 0 atom stereocenters. The molecule has 0 saturated heterocycles. The van der Waals surface area contributed by atoms with Crippen LogP contribution < -0.4 is 16.0 Å². The minimum absolute atomic E-state index is 0.147. The van der Waals surface area contributed by atoms with Crippen LogP contribution in [0.3, 0.4) is 0 Å². The summed E-state index contributed by atoms with van der Waals surface area (Å²) in [5, 5.41) is 18.0. The number of nitrogens with one attached hydrogen (secondary N) is 3. The zero-order valence-corrected chi connectivity index (χ0v) is 14.4. The Hall–Kier alpha value is -3.94. The number of carboxylic acid groups (broad SMARTS) is 1. The summed E-state index contributed by atoms with van der Waals surface area (Å²) < 4.78 is 0. The molecule has 3 rings (SSSR count). The van der Waals surface area contributed by atoms with Crippen molar-refractivity contribution < 1.29 is 14.7 Å². The maximum atomic E-state index is 11.3. The minimum Gasteiger partial charge on any atom is -0.478 e. The number of amides is 1. The summed E-state index contributed by atoms with van der Waals surface area (Å²) in [4.78, 5) is 31.0. The van der Waals surface area contributed by atoms with Crippen LogP contribution in [0.4, 0.5) is 28.8 Å². The molecule has 1 amide bonds. The molecule has 27 heavy (non-hydrogen) atoms. The maximum absolute atomic E-state index is 11.3. The van der Waals surface area contributed by atoms with Gasteiger partial charge in [-0.2, -0.15) is 4.98 Å². The second-order valence-electron chi connectivity index (χ2n) is 5.63. The van der Waals surface area contributed by atoms with E-state index in [1.165, 1.54) is 13.0 Å². The number of aromatic carboxylic acids is 1. The molecule has 2 aromatic carbocycles. The number of anilines is 5. The molecule has 1 heterocycles. The number of hydrogen-bond donors (Lipinski definition) is 4. The Morgan fingerprint density at radius 2 is 1.74 bits per heavy atom. The summed E-state index contributed by atoms with van der Waals surface area (Å²) in [7, 11) is 0. The monoisotopic (exact) mass is 363 g/mol. The SMILES string of the molecule is CC(=O)Nc1cccc(Nc2nccc(Nc3ccccc3C(=O)O)n2)c1. The average molecular weight is 363 g/mol. The van der Waals surface area contributed by atoms with Gasteiger partial charge in [-0.3, -0.25) is 4.79 Å². The number of carbonyl (C=O) groups is 2. The van der Waals surface area contributed by atoms with Crippen molar-refractivity contribution in [2.24, 2.45) is 0 Å². The van der Waals surface area contributed by atoms with Crippen molar-refractivity contribution in [2.75, 3.05) is 16.0 Å². The largest absolute Gasteiger partial charge is 0.478 e. The van der Waals surface area contributed by atoms with E-state index >= 15 is 0 Å². The standard InChI is InChI=1S/C19H17N5O3/c1-12(25)21-13-5-4-6-14(11-13)22-19-20-10-9-17(24-19)23-16-8-3-2-7-15(16)18(26)27/h2-11H,1H3,(H,21,25)(H,26,27)(H2,20,22,23,24). The topological polar surface area (TPSA) is 116 Å². The highest BCUT2D eigenvalue weighted by molar-refractivity contribution is 5.95. The molecule has 0 unspecified atom stereocenters. The molecule has 8 nitrogen and oxygen atoms in total. The van der Waals surface area contributed by atoms with Crippen molar-refractivity contribution in [3.05, 3.63) is 66.4 Å². The first-order valence-corrected chi connectivity index (χ1v) is 8.08. The lowest BCUT2D eigenvalue weighted by molar-refractivity contribution is -0.114. The lowest BCUT2D eigenvalue weighted by atomic mass is 10.2. The number of carboxylic acids is 1. The molecular formula is C19H17N5O3. The molecule has 0 saturated carbocycles. The first kappa shape index (κ1) is 17.9. The number of aromatic nitrogens is 2. The van der Waals surface area contributed by atoms with Crippen LogP contribution in [0.5, 0.6) is 0 Å². The lowest BCUT2D eigenvalue weighted by Gasteiger charge is -2.11. The summed E-state index contributed by atoms with van der Waals surface area (Å²) in [6.07, 6.45) is 1.55. The van der Waals surface area contributed by atoms with Crippen LogP contribution in [-0.4, -0.2) is 27.0 Å². The fourth-order valence-corrected chi connectivity index (χ4v) is 2.41. The van der Waals surface area contributed by atoms with E-state index in [0.29, 0.717) is 28.8 Å². The van der Waals surface area contributed by atoms with Crippen LogP contribution in [-0.2, 0) is 4.79 Å². The van der Waals surface area contributed by atoms with Gasteiger partial charge in [0, 0.05) is 24.5 Å². The third-order valence-electron chi connectivity index (χ3n) is 3.51. The zero-order valence-electron chi connectivity index (χ0n) is 14.4. The maximum Gasteiger partial charge on any atom is 0.337 e. The van der Waals surface area contributed by atoms with Gasteiger partial charge in [0.05, 0.1) is 11.3 Å². The van der Waals surface area contributed by atoms with Crippen LogP contribution in [0.25, 0.3) is 0 Å². The first-order chi connectivity index (χ1) is 13.0. The Balaban J connectivity index is 1.79. The first-order valence-electron chi connectivity index (χ1n) is 8.08. The van der Waals surface area contributed by atoms with E-state index < -0.39 is 5.97 Å². The van der Waals surface area contributed by atoms with Gasteiger partial charge in [-0.25, -0.2) is 9.78 Å². The Morgan fingerprint density at radius 1 is 0.963 bits per heavy atom. The van der Waals surface area contributed by atoms with Crippen LogP contribution >= 0.6 is 0 Å². The Bertz CT molecular complexity index is 990. The molecule has 0 fully saturated rings. The number of rotatable bonds is 6. The van der Waals surface area contributed by atoms with Gasteiger partial charge in [-0.1, -0.05) is 18.2 Å². The molecule has 1 aromatic heterocycles. The number of nitrogens with zero attached hydrogens (tertiary/aromatic N) is 2. The second-order valence-corrected chi connectivity index (χ2v) is 5.63. The lowest BCUT2D eigenvalue weighted by Crippen LogP contribution is -2.06. The van der Waals surface area contributed by atoms with Crippen molar-refractivity contribution in [2.45, 2.75) is 6.92 Å². The van der Waals surface area contributed by atoms with E-state index in [-0.39, 0.29) is 11.5 Å². The number of carbonyl (C=O) groups excluding carboxylic acids is 1. The van der Waals surface area contributed by atoms with Crippen molar-refractivity contribution in [1.82, 2.24) is 9.97 Å². The highest BCUT2D eigenvalue weighted by atomic mass is 16.4. The predicted octanol–water partition coefficient (Wildman–Crippen LogP) is 3.62. The summed E-state index contributed by atoms with van der Waals surface area (Å²) in [5.74, 6) is -0.418. The number of benzene rings is 2. The number of para-hydroxylation sites is 1. The van der Waals surface area contributed by atoms with Crippen LogP contribution in [0, 0.1) is 0 Å². The Kier molecular flexibility index (Phi) is 5.27. The Labute approximate surface area is 155 Å². The summed E-state index contributed by atoms with van der Waals surface area (Å²) in [5.41, 5.74) is 1.93. The van der Waals surface area contributed by atoms with E-state index in [2.05, 4.69) is 25.9 Å². The van der Waals surface area contributed by atoms with Crippen molar-refractivity contribution in [1.29, 1.82) is 0 Å². The van der Waals surface area contributed by atoms with Gasteiger partial charge in [-0.15, -0.1) is 0 Å². The van der Waals surface area contributed by atoms with Crippen LogP contribution in [0.2, 0.25) is 0 Å². The molecule has 0 aliphatic heterocycles. The summed E-state index contributed by atoms with van der Waals surface area (Å²) in [6, 6.07) is 15.3. The molecule has 0 aliphatic rings. The minimum atomic E-state index is -1.03. The van der Waals surface area contributed by atoms with E-state index in [4.69, 9.17) is 0 Å². The average Bonchev–Trinajstić information content (AvgIpc) is 2.62. The molecule has 4 N–H and O–H groups in total. The number of hydrogen-bond acceptors (Lipinski definition) is 6. The molecule has 0 spiro atoms. The zero-order chi connectivity index (χ0) is 19.2. The van der Waals surface area contributed by atoms with Gasteiger partial charge >= 0.3 is 5.97 Å². The van der Waals surface area contributed by atoms with E-state index in [1.807, 2.05) is 6.07 Å². The van der Waals surface area contributed by atoms with E-state index in [1.54, 1.807) is 48.7 Å². The third-order valence-corrected chi connectivity index (χ3v) is 3.51. The van der Waals surface area contributed by atoms with Crippen molar-refractivity contribution in [3.63, 3.8) is 0 Å². The van der Waals surface area contributed by atoms with Crippen molar-refractivity contribution in [3.8, 4) is 0 Å².